The van der Waals surface area contributed by atoms with Crippen LogP contribution in [-0.2, 0) is 9.53 Å². The third-order valence-corrected chi connectivity index (χ3v) is 3.49. The lowest BCUT2D eigenvalue weighted by Crippen LogP contribution is -2.48. The molecule has 0 aliphatic carbocycles. The number of thiazole rings is 1. The van der Waals surface area contributed by atoms with Crippen LogP contribution >= 0.6 is 11.3 Å². The van der Waals surface area contributed by atoms with Gasteiger partial charge in [-0.15, -0.1) is 11.3 Å². The Hall–Kier alpha value is -0.980. The van der Waals surface area contributed by atoms with Gasteiger partial charge in [0.05, 0.1) is 18.9 Å². The highest BCUT2D eigenvalue weighted by molar-refractivity contribution is 7.15. The number of nitrogens with one attached hydrogen (secondary N) is 2. The van der Waals surface area contributed by atoms with Crippen molar-refractivity contribution in [3.63, 3.8) is 0 Å². The summed E-state index contributed by atoms with van der Waals surface area (Å²) in [5, 5.41) is 6.56. The van der Waals surface area contributed by atoms with Crippen molar-refractivity contribution in [2.24, 2.45) is 0 Å². The molecule has 1 aromatic heterocycles. The topological polar surface area (TPSA) is 63.2 Å². The second-order valence-corrected chi connectivity index (χ2v) is 4.93. The van der Waals surface area contributed by atoms with Crippen LogP contribution in [0.5, 0.6) is 0 Å². The minimum atomic E-state index is -0.265. The zero-order valence-electron chi connectivity index (χ0n) is 9.37. The Kier molecular flexibility index (Phi) is 3.52. The van der Waals surface area contributed by atoms with Crippen molar-refractivity contribution in [1.29, 1.82) is 0 Å². The molecule has 2 N–H and O–H groups in total. The van der Waals surface area contributed by atoms with Gasteiger partial charge in [0, 0.05) is 11.4 Å². The number of carbonyl (C=O) groups excluding carboxylic acids is 1. The first-order valence-electron chi connectivity index (χ1n) is 5.23. The molecule has 1 fully saturated rings. The van der Waals surface area contributed by atoms with Gasteiger partial charge in [-0.2, -0.15) is 0 Å². The number of aryl methyl sites for hydroxylation is 2. The van der Waals surface area contributed by atoms with Crippen LogP contribution in [0.4, 0.5) is 5.13 Å². The Morgan fingerprint density at radius 1 is 1.62 bits per heavy atom. The summed E-state index contributed by atoms with van der Waals surface area (Å²) in [5.41, 5.74) is 0.966. The van der Waals surface area contributed by atoms with Crippen LogP contribution in [0.3, 0.4) is 0 Å². The van der Waals surface area contributed by atoms with Gasteiger partial charge in [0.15, 0.2) is 5.13 Å². The first-order chi connectivity index (χ1) is 7.66. The molecule has 2 rings (SSSR count). The second kappa shape index (κ2) is 4.90. The predicted molar refractivity (Wildman–Crippen MR) is 62.8 cm³/mol. The van der Waals surface area contributed by atoms with Crippen molar-refractivity contribution < 1.29 is 9.53 Å². The van der Waals surface area contributed by atoms with E-state index in [1.54, 1.807) is 0 Å². The van der Waals surface area contributed by atoms with Crippen LogP contribution in [-0.4, -0.2) is 36.7 Å². The molecule has 1 aliphatic rings. The molecular formula is C10H15N3O2S. The van der Waals surface area contributed by atoms with Gasteiger partial charge in [-0.25, -0.2) is 4.98 Å². The van der Waals surface area contributed by atoms with Gasteiger partial charge in [0.25, 0.3) is 0 Å². The Labute approximate surface area is 98.2 Å². The summed E-state index contributed by atoms with van der Waals surface area (Å²) in [7, 11) is 0. The molecule has 0 radical (unpaired) electrons. The molecule has 0 aromatic carbocycles. The second-order valence-electron chi connectivity index (χ2n) is 3.73. The number of rotatable bonds is 2. The van der Waals surface area contributed by atoms with E-state index in [0.717, 1.165) is 10.6 Å². The zero-order chi connectivity index (χ0) is 11.5. The van der Waals surface area contributed by atoms with E-state index >= 15 is 0 Å². The highest BCUT2D eigenvalue weighted by Gasteiger charge is 2.22. The van der Waals surface area contributed by atoms with Gasteiger partial charge in [-0.1, -0.05) is 0 Å². The molecule has 1 aromatic rings. The predicted octanol–water partition coefficient (Wildman–Crippen LogP) is 0.687. The highest BCUT2D eigenvalue weighted by atomic mass is 32.1. The third-order valence-electron chi connectivity index (χ3n) is 2.50. The molecule has 0 spiro atoms. The Balaban J connectivity index is 1.95. The van der Waals surface area contributed by atoms with Crippen LogP contribution in [0.2, 0.25) is 0 Å². The van der Waals surface area contributed by atoms with E-state index in [4.69, 9.17) is 4.74 Å². The summed E-state index contributed by atoms with van der Waals surface area (Å²) in [4.78, 5) is 17.2. The van der Waals surface area contributed by atoms with Crippen molar-refractivity contribution >= 4 is 22.4 Å². The first kappa shape index (κ1) is 11.5. The molecule has 88 valence electrons. The Morgan fingerprint density at radius 2 is 2.44 bits per heavy atom. The summed E-state index contributed by atoms with van der Waals surface area (Å²) >= 11 is 1.50. The SMILES string of the molecule is Cc1nc(NC(=O)C2COCCN2)sc1C. The lowest BCUT2D eigenvalue weighted by atomic mass is 10.2. The van der Waals surface area contributed by atoms with Crippen LogP contribution in [0.15, 0.2) is 0 Å². The molecule has 1 amide bonds. The maximum Gasteiger partial charge on any atom is 0.245 e. The van der Waals surface area contributed by atoms with Gasteiger partial charge in [0.2, 0.25) is 5.91 Å². The largest absolute Gasteiger partial charge is 0.378 e. The smallest absolute Gasteiger partial charge is 0.245 e. The maximum atomic E-state index is 11.8. The zero-order valence-corrected chi connectivity index (χ0v) is 10.2. The first-order valence-corrected chi connectivity index (χ1v) is 6.04. The van der Waals surface area contributed by atoms with E-state index in [-0.39, 0.29) is 11.9 Å². The average Bonchev–Trinajstić information content (AvgIpc) is 2.59. The lowest BCUT2D eigenvalue weighted by molar-refractivity contribution is -0.120. The lowest BCUT2D eigenvalue weighted by Gasteiger charge is -2.22. The Morgan fingerprint density at radius 3 is 3.00 bits per heavy atom. The molecule has 1 aliphatic heterocycles. The number of hydrogen-bond acceptors (Lipinski definition) is 5. The molecule has 0 saturated carbocycles. The molecule has 6 heteroatoms. The van der Waals surface area contributed by atoms with Gasteiger partial charge < -0.3 is 15.4 Å². The quantitative estimate of drug-likeness (QED) is 0.799. The molecule has 1 unspecified atom stereocenters. The number of amides is 1. The fourth-order valence-electron chi connectivity index (χ4n) is 1.45. The number of morpholine rings is 1. The number of ether oxygens (including phenoxy) is 1. The van der Waals surface area contributed by atoms with E-state index in [2.05, 4.69) is 15.6 Å². The molecule has 0 bridgehead atoms. The molecule has 1 saturated heterocycles. The van der Waals surface area contributed by atoms with E-state index in [1.807, 2.05) is 13.8 Å². The molecule has 2 heterocycles. The average molecular weight is 241 g/mol. The van der Waals surface area contributed by atoms with E-state index in [9.17, 15) is 4.79 Å². The molecular weight excluding hydrogens is 226 g/mol. The van der Waals surface area contributed by atoms with Gasteiger partial charge in [0.1, 0.15) is 6.04 Å². The van der Waals surface area contributed by atoms with Crippen molar-refractivity contribution in [1.82, 2.24) is 10.3 Å². The van der Waals surface area contributed by atoms with Crippen LogP contribution in [0.25, 0.3) is 0 Å². The highest BCUT2D eigenvalue weighted by Crippen LogP contribution is 2.21. The standard InChI is InChI=1S/C10H15N3O2S/c1-6-7(2)16-10(12-6)13-9(14)8-5-15-4-3-11-8/h8,11H,3-5H2,1-2H3,(H,12,13,14). The summed E-state index contributed by atoms with van der Waals surface area (Å²) < 4.78 is 5.23. The monoisotopic (exact) mass is 241 g/mol. The third kappa shape index (κ3) is 2.58. The maximum absolute atomic E-state index is 11.8. The number of hydrogen-bond donors (Lipinski definition) is 2. The summed E-state index contributed by atoms with van der Waals surface area (Å²) in [5.74, 6) is -0.0755. The van der Waals surface area contributed by atoms with Crippen molar-refractivity contribution in [3.8, 4) is 0 Å². The number of aromatic nitrogens is 1. The summed E-state index contributed by atoms with van der Waals surface area (Å²) in [6.45, 7) is 5.73. The Bertz CT molecular complexity index is 366. The fourth-order valence-corrected chi connectivity index (χ4v) is 2.27. The van der Waals surface area contributed by atoms with E-state index in [0.29, 0.717) is 24.9 Å². The van der Waals surface area contributed by atoms with Crippen LogP contribution < -0.4 is 10.6 Å². The summed E-state index contributed by atoms with van der Waals surface area (Å²) in [6.07, 6.45) is 0. The van der Waals surface area contributed by atoms with E-state index in [1.165, 1.54) is 11.3 Å². The van der Waals surface area contributed by atoms with Gasteiger partial charge in [-0.3, -0.25) is 4.79 Å². The molecule has 1 atom stereocenters. The van der Waals surface area contributed by atoms with Gasteiger partial charge in [-0.05, 0) is 13.8 Å². The number of carbonyl (C=O) groups is 1. The normalized spacial score (nSPS) is 20.8. The summed E-state index contributed by atoms with van der Waals surface area (Å²) in [6, 6.07) is -0.265. The fraction of sp³-hybridized carbons (Fsp3) is 0.600. The van der Waals surface area contributed by atoms with Crippen molar-refractivity contribution in [3.05, 3.63) is 10.6 Å². The van der Waals surface area contributed by atoms with Crippen molar-refractivity contribution in [2.45, 2.75) is 19.9 Å². The number of anilines is 1. The van der Waals surface area contributed by atoms with Gasteiger partial charge >= 0.3 is 0 Å². The number of nitrogens with zero attached hydrogens (tertiary/aromatic N) is 1. The van der Waals surface area contributed by atoms with Crippen LogP contribution in [0.1, 0.15) is 10.6 Å². The minimum absolute atomic E-state index is 0.0755. The molecule has 16 heavy (non-hydrogen) atoms. The minimum Gasteiger partial charge on any atom is -0.378 e. The van der Waals surface area contributed by atoms with Crippen LogP contribution in [0, 0.1) is 13.8 Å². The molecule has 5 nitrogen and oxygen atoms in total. The van der Waals surface area contributed by atoms with Crippen molar-refractivity contribution in [2.75, 3.05) is 25.1 Å². The van der Waals surface area contributed by atoms with E-state index < -0.39 is 0 Å².